The van der Waals surface area contributed by atoms with Gasteiger partial charge in [-0.1, -0.05) is 164 Å². The number of carbonyl (C=O) groups excluding carboxylic acids is 3. The van der Waals surface area contributed by atoms with Crippen LogP contribution in [-0.2, 0) is 28.6 Å². The molecule has 1 atom stereocenters. The number of esters is 3. The fourth-order valence-electron chi connectivity index (χ4n) is 5.76. The van der Waals surface area contributed by atoms with E-state index < -0.39 is 6.10 Å². The highest BCUT2D eigenvalue weighted by Crippen LogP contribution is 2.12. The maximum atomic E-state index is 12.7. The summed E-state index contributed by atoms with van der Waals surface area (Å²) in [6, 6.07) is 0. The summed E-state index contributed by atoms with van der Waals surface area (Å²) >= 11 is 0. The molecule has 0 saturated carbocycles. The fourth-order valence-corrected chi connectivity index (χ4v) is 5.76. The van der Waals surface area contributed by atoms with Crippen LogP contribution in [-0.4, -0.2) is 37.2 Å². The lowest BCUT2D eigenvalue weighted by atomic mass is 10.1. The molecule has 1 unspecified atom stereocenters. The molecule has 0 saturated heterocycles. The van der Waals surface area contributed by atoms with E-state index in [9.17, 15) is 14.4 Å². The molecule has 0 aromatic heterocycles. The van der Waals surface area contributed by atoms with Gasteiger partial charge in [0, 0.05) is 19.3 Å². The quantitative estimate of drug-likeness (QED) is 0.0204. The first-order valence-electron chi connectivity index (χ1n) is 22.5. The molecule has 6 heteroatoms. The highest BCUT2D eigenvalue weighted by molar-refractivity contribution is 5.71. The molecule has 0 aromatic carbocycles. The molecule has 314 valence electrons. The Balaban J connectivity index is 4.42. The smallest absolute Gasteiger partial charge is 0.306 e. The SMILES string of the molecule is CC/C=C\C/C=C\C/C=C\CCCCCCCCC(=O)OCC(COC(=O)CCCCCC/C=C\CCCC)OC(=O)CCCCC/C=C\C=C/CCCC. The molecular formula is C49H82O6. The van der Waals surface area contributed by atoms with Crippen molar-refractivity contribution in [2.45, 2.75) is 207 Å². The zero-order chi connectivity index (χ0) is 40.1. The highest BCUT2D eigenvalue weighted by Gasteiger charge is 2.19. The zero-order valence-electron chi connectivity index (χ0n) is 35.7. The van der Waals surface area contributed by atoms with Crippen LogP contribution >= 0.6 is 0 Å². The molecule has 0 heterocycles. The Morgan fingerprint density at radius 2 is 0.764 bits per heavy atom. The van der Waals surface area contributed by atoms with Crippen LogP contribution in [0.2, 0.25) is 0 Å². The molecule has 0 amide bonds. The Bertz CT molecular complexity index is 1070. The summed E-state index contributed by atoms with van der Waals surface area (Å²) in [6.45, 7) is 6.36. The molecule has 0 aliphatic rings. The van der Waals surface area contributed by atoms with E-state index in [1.165, 1.54) is 44.9 Å². The Kier molecular flexibility index (Phi) is 41.1. The second-order valence-corrected chi connectivity index (χ2v) is 14.6. The molecule has 6 nitrogen and oxygen atoms in total. The Hall–Kier alpha value is -3.15. The van der Waals surface area contributed by atoms with Crippen molar-refractivity contribution < 1.29 is 28.6 Å². The van der Waals surface area contributed by atoms with Gasteiger partial charge in [-0.3, -0.25) is 14.4 Å². The highest BCUT2D eigenvalue weighted by atomic mass is 16.6. The molecule has 0 aromatic rings. The van der Waals surface area contributed by atoms with Crippen molar-refractivity contribution in [3.8, 4) is 0 Å². The Labute approximate surface area is 338 Å². The van der Waals surface area contributed by atoms with Gasteiger partial charge in [0.05, 0.1) is 0 Å². The molecule has 0 N–H and O–H groups in total. The van der Waals surface area contributed by atoms with Gasteiger partial charge in [0.2, 0.25) is 0 Å². The van der Waals surface area contributed by atoms with E-state index in [1.807, 2.05) is 0 Å². The Morgan fingerprint density at radius 1 is 0.400 bits per heavy atom. The summed E-state index contributed by atoms with van der Waals surface area (Å²) in [5, 5.41) is 0. The van der Waals surface area contributed by atoms with Crippen LogP contribution < -0.4 is 0 Å². The van der Waals surface area contributed by atoms with Gasteiger partial charge >= 0.3 is 17.9 Å². The van der Waals surface area contributed by atoms with Gasteiger partial charge in [0.15, 0.2) is 6.10 Å². The minimum atomic E-state index is -0.796. The van der Waals surface area contributed by atoms with Gasteiger partial charge in [0.1, 0.15) is 13.2 Å². The number of carbonyl (C=O) groups is 3. The summed E-state index contributed by atoms with van der Waals surface area (Å²) < 4.78 is 16.6. The minimum Gasteiger partial charge on any atom is -0.462 e. The molecular weight excluding hydrogens is 685 g/mol. The van der Waals surface area contributed by atoms with Gasteiger partial charge in [0.25, 0.3) is 0 Å². The van der Waals surface area contributed by atoms with Gasteiger partial charge in [-0.25, -0.2) is 0 Å². The normalized spacial score (nSPS) is 12.7. The monoisotopic (exact) mass is 767 g/mol. The van der Waals surface area contributed by atoms with Crippen LogP contribution in [0, 0.1) is 0 Å². The molecule has 0 spiro atoms. The van der Waals surface area contributed by atoms with Gasteiger partial charge in [-0.2, -0.15) is 0 Å². The van der Waals surface area contributed by atoms with Gasteiger partial charge < -0.3 is 14.2 Å². The van der Waals surface area contributed by atoms with E-state index >= 15 is 0 Å². The first kappa shape index (κ1) is 51.9. The van der Waals surface area contributed by atoms with Crippen LogP contribution in [0.4, 0.5) is 0 Å². The maximum Gasteiger partial charge on any atom is 0.306 e. The number of unbranched alkanes of at least 4 members (excludes halogenated alkanes) is 17. The topological polar surface area (TPSA) is 78.9 Å². The average molecular weight is 767 g/mol. The predicted molar refractivity (Wildman–Crippen MR) is 233 cm³/mol. The van der Waals surface area contributed by atoms with Gasteiger partial charge in [-0.15, -0.1) is 0 Å². The summed E-state index contributed by atoms with van der Waals surface area (Å²) in [6.07, 6.45) is 53.1. The number of ether oxygens (including phenoxy) is 3. The minimum absolute atomic E-state index is 0.0977. The predicted octanol–water partition coefficient (Wildman–Crippen LogP) is 14.3. The zero-order valence-corrected chi connectivity index (χ0v) is 35.7. The third-order valence-electron chi connectivity index (χ3n) is 9.19. The summed E-state index contributed by atoms with van der Waals surface area (Å²) in [5.41, 5.74) is 0. The molecule has 0 aliphatic carbocycles. The number of rotatable bonds is 39. The molecule has 0 bridgehead atoms. The molecule has 0 fully saturated rings. The van der Waals surface area contributed by atoms with Gasteiger partial charge in [-0.05, 0) is 89.9 Å². The lowest BCUT2D eigenvalue weighted by Crippen LogP contribution is -2.30. The van der Waals surface area contributed by atoms with E-state index in [0.717, 1.165) is 116 Å². The van der Waals surface area contributed by atoms with Crippen molar-refractivity contribution in [3.05, 3.63) is 72.9 Å². The van der Waals surface area contributed by atoms with Crippen LogP contribution in [0.15, 0.2) is 72.9 Å². The number of hydrogen-bond donors (Lipinski definition) is 0. The van der Waals surface area contributed by atoms with E-state index in [0.29, 0.717) is 12.8 Å². The van der Waals surface area contributed by atoms with Crippen molar-refractivity contribution in [2.24, 2.45) is 0 Å². The summed E-state index contributed by atoms with van der Waals surface area (Å²) in [4.78, 5) is 37.7. The largest absolute Gasteiger partial charge is 0.462 e. The second kappa shape index (κ2) is 43.6. The van der Waals surface area contributed by atoms with E-state index in [2.05, 4.69) is 93.7 Å². The van der Waals surface area contributed by atoms with Crippen molar-refractivity contribution in [1.29, 1.82) is 0 Å². The first-order chi connectivity index (χ1) is 27.0. The summed E-state index contributed by atoms with van der Waals surface area (Å²) in [5.74, 6) is -0.959. The maximum absolute atomic E-state index is 12.7. The van der Waals surface area contributed by atoms with E-state index in [-0.39, 0.29) is 37.5 Å². The van der Waals surface area contributed by atoms with Crippen molar-refractivity contribution in [3.63, 3.8) is 0 Å². The van der Waals surface area contributed by atoms with Crippen molar-refractivity contribution in [2.75, 3.05) is 13.2 Å². The third kappa shape index (κ3) is 41.8. The van der Waals surface area contributed by atoms with Crippen LogP contribution in [0.25, 0.3) is 0 Å². The number of allylic oxidation sites excluding steroid dienone is 12. The van der Waals surface area contributed by atoms with Crippen molar-refractivity contribution >= 4 is 17.9 Å². The lowest BCUT2D eigenvalue weighted by molar-refractivity contribution is -0.167. The number of hydrogen-bond acceptors (Lipinski definition) is 6. The van der Waals surface area contributed by atoms with E-state index in [1.54, 1.807) is 0 Å². The third-order valence-corrected chi connectivity index (χ3v) is 9.19. The standard InChI is InChI=1S/C49H82O6/c1-4-7-10-13-16-19-22-23-24-25-26-28-30-33-36-39-42-48(51)54-45-46(44-53-47(50)41-38-35-32-29-21-18-15-12-9-6-3)55-49(52)43-40-37-34-31-27-20-17-14-11-8-5-2/h7,10,14-20,23-24,27,46H,4-6,8-9,11-13,21-22,25-26,28-45H2,1-3H3/b10-7-,17-14-,18-15-,19-16-,24-23-,27-20-. The van der Waals surface area contributed by atoms with E-state index in [4.69, 9.17) is 14.2 Å². The fraction of sp³-hybridized carbons (Fsp3) is 0.694. The average Bonchev–Trinajstić information content (AvgIpc) is 3.18. The molecule has 55 heavy (non-hydrogen) atoms. The molecule has 0 aliphatic heterocycles. The van der Waals surface area contributed by atoms with Crippen LogP contribution in [0.1, 0.15) is 201 Å². The lowest BCUT2D eigenvalue weighted by Gasteiger charge is -2.18. The molecule has 0 radical (unpaired) electrons. The summed E-state index contributed by atoms with van der Waals surface area (Å²) in [7, 11) is 0. The molecule has 0 rings (SSSR count). The second-order valence-electron chi connectivity index (χ2n) is 14.6. The van der Waals surface area contributed by atoms with Crippen LogP contribution in [0.3, 0.4) is 0 Å². The van der Waals surface area contributed by atoms with Crippen molar-refractivity contribution in [1.82, 2.24) is 0 Å². The Morgan fingerprint density at radius 3 is 1.27 bits per heavy atom. The van der Waals surface area contributed by atoms with Crippen LogP contribution in [0.5, 0.6) is 0 Å². The first-order valence-corrected chi connectivity index (χ1v) is 22.5.